The van der Waals surface area contributed by atoms with Crippen molar-refractivity contribution in [1.29, 1.82) is 0 Å². The van der Waals surface area contributed by atoms with Crippen molar-refractivity contribution >= 4 is 39.0 Å². The van der Waals surface area contributed by atoms with Gasteiger partial charge in [0.15, 0.2) is 0 Å². The van der Waals surface area contributed by atoms with E-state index in [1.165, 1.54) is 60.9 Å². The van der Waals surface area contributed by atoms with Crippen LogP contribution in [0.2, 0.25) is 0 Å². The van der Waals surface area contributed by atoms with Crippen LogP contribution in [0.3, 0.4) is 0 Å². The average molecular weight is 481 g/mol. The van der Waals surface area contributed by atoms with Gasteiger partial charge in [0.05, 0.1) is 5.41 Å². The second-order valence-electron chi connectivity index (χ2n) is 9.36. The van der Waals surface area contributed by atoms with Crippen LogP contribution in [0, 0.1) is 0 Å². The summed E-state index contributed by atoms with van der Waals surface area (Å²) in [4.78, 5) is 0. The van der Waals surface area contributed by atoms with E-state index < -0.39 is 0 Å². The molecule has 152 valence electrons. The Balaban J connectivity index is 1.61. The van der Waals surface area contributed by atoms with E-state index in [0.29, 0.717) is 0 Å². The highest BCUT2D eigenvalue weighted by molar-refractivity contribution is 9.10. The second-order valence-corrected chi connectivity index (χ2v) is 10.3. The van der Waals surface area contributed by atoms with Crippen LogP contribution >= 0.6 is 15.9 Å². The quantitative estimate of drug-likeness (QED) is 0.247. The van der Waals surface area contributed by atoms with Gasteiger partial charge >= 0.3 is 0 Å². The zero-order valence-electron chi connectivity index (χ0n) is 17.8. The fourth-order valence-electron chi connectivity index (χ4n) is 6.99. The molecule has 2 heteroatoms. The van der Waals surface area contributed by atoms with E-state index in [2.05, 4.69) is 125 Å². The third-order valence-electron chi connectivity index (χ3n) is 8.04. The normalized spacial score (nSPS) is 15.0. The zero-order chi connectivity index (χ0) is 21.7. The van der Waals surface area contributed by atoms with Gasteiger partial charge in [0, 0.05) is 4.47 Å². The molecule has 1 aliphatic carbocycles. The Morgan fingerprint density at radius 3 is 1.85 bits per heavy atom. The van der Waals surface area contributed by atoms with E-state index in [4.69, 9.17) is 0 Å². The number of hydrogen-bond acceptors (Lipinski definition) is 0. The number of fused-ring (bicyclic) bond motifs is 12. The Bertz CT molecular complexity index is 1600. The van der Waals surface area contributed by atoms with E-state index in [1.54, 1.807) is 0 Å². The summed E-state index contributed by atoms with van der Waals surface area (Å²) in [7, 11) is 0. The van der Waals surface area contributed by atoms with E-state index in [9.17, 15) is 0 Å². The van der Waals surface area contributed by atoms with Crippen molar-refractivity contribution in [3.63, 3.8) is 0 Å². The molecule has 8 rings (SSSR count). The molecular formula is C31H18BBr. The minimum Gasteiger partial charge on any atom is -0.0666 e. The van der Waals surface area contributed by atoms with Crippen molar-refractivity contribution in [2.45, 2.75) is 5.41 Å². The van der Waals surface area contributed by atoms with Gasteiger partial charge in [-0.2, -0.15) is 0 Å². The van der Waals surface area contributed by atoms with Gasteiger partial charge in [-0.25, -0.2) is 0 Å². The van der Waals surface area contributed by atoms with Crippen molar-refractivity contribution in [2.75, 3.05) is 0 Å². The molecule has 2 aliphatic heterocycles. The predicted molar refractivity (Wildman–Crippen MR) is 142 cm³/mol. The Morgan fingerprint density at radius 2 is 1.09 bits per heavy atom. The maximum atomic E-state index is 3.75. The van der Waals surface area contributed by atoms with Gasteiger partial charge in [0.2, 0.25) is 6.71 Å². The van der Waals surface area contributed by atoms with Crippen LogP contribution in [0.25, 0.3) is 22.3 Å². The molecule has 1 spiro atoms. The monoisotopic (exact) mass is 480 g/mol. The summed E-state index contributed by atoms with van der Waals surface area (Å²) in [6.45, 7) is 0.269. The SMILES string of the molecule is Brc1ccc2c(c1)B1c3ccccc3C3(c4ccccc4-c4ccccc43)c3cccc-2c31. The molecule has 5 aromatic rings. The van der Waals surface area contributed by atoms with E-state index in [1.807, 2.05) is 0 Å². The molecule has 0 N–H and O–H groups in total. The van der Waals surface area contributed by atoms with Crippen molar-refractivity contribution in [2.24, 2.45) is 0 Å². The fourth-order valence-corrected chi connectivity index (χ4v) is 7.36. The number of halogens is 1. The lowest BCUT2D eigenvalue weighted by Crippen LogP contribution is -2.59. The van der Waals surface area contributed by atoms with Gasteiger partial charge in [-0.15, -0.1) is 0 Å². The minimum absolute atomic E-state index is 0.269. The molecule has 0 saturated heterocycles. The van der Waals surface area contributed by atoms with E-state index >= 15 is 0 Å². The maximum Gasteiger partial charge on any atom is 0.243 e. The molecule has 0 nitrogen and oxygen atoms in total. The van der Waals surface area contributed by atoms with Crippen LogP contribution in [-0.4, -0.2) is 6.71 Å². The first-order valence-corrected chi connectivity index (χ1v) is 12.3. The smallest absolute Gasteiger partial charge is 0.0666 e. The van der Waals surface area contributed by atoms with Crippen molar-refractivity contribution in [1.82, 2.24) is 0 Å². The third-order valence-corrected chi connectivity index (χ3v) is 8.53. The highest BCUT2D eigenvalue weighted by Crippen LogP contribution is 2.56. The number of hydrogen-bond donors (Lipinski definition) is 0. The lowest BCUT2D eigenvalue weighted by Gasteiger charge is -2.42. The summed E-state index contributed by atoms with van der Waals surface area (Å²) < 4.78 is 1.14. The maximum absolute atomic E-state index is 3.75. The predicted octanol–water partition coefficient (Wildman–Crippen LogP) is 5.62. The van der Waals surface area contributed by atoms with Gasteiger partial charge < -0.3 is 0 Å². The molecule has 0 atom stereocenters. The molecule has 2 heterocycles. The minimum atomic E-state index is -0.287. The van der Waals surface area contributed by atoms with Crippen molar-refractivity contribution in [3.05, 3.63) is 136 Å². The average Bonchev–Trinajstić information content (AvgIpc) is 3.34. The summed E-state index contributed by atoms with van der Waals surface area (Å²) in [5.41, 5.74) is 15.2. The molecule has 5 aromatic carbocycles. The molecule has 33 heavy (non-hydrogen) atoms. The van der Waals surface area contributed by atoms with Gasteiger partial charge in [0.1, 0.15) is 0 Å². The second kappa shape index (κ2) is 6.15. The van der Waals surface area contributed by atoms with Gasteiger partial charge in [-0.1, -0.05) is 135 Å². The molecule has 0 aromatic heterocycles. The summed E-state index contributed by atoms with van der Waals surface area (Å²) in [5, 5.41) is 0. The standard InChI is InChI=1S/C31H18BBr/c33-19-16-17-22-23-10-7-14-27-30(23)32(29(22)18-19)28-15-6-5-13-26(28)31(27)24-11-3-1-8-20(24)21-9-2-4-12-25(21)31/h1-18H. The topological polar surface area (TPSA) is 0 Å². The zero-order valence-corrected chi connectivity index (χ0v) is 19.4. The molecule has 0 fully saturated rings. The first kappa shape index (κ1) is 18.1. The van der Waals surface area contributed by atoms with Crippen LogP contribution in [0.4, 0.5) is 0 Å². The summed E-state index contributed by atoms with van der Waals surface area (Å²) >= 11 is 3.75. The Morgan fingerprint density at radius 1 is 0.485 bits per heavy atom. The molecular weight excluding hydrogens is 463 g/mol. The van der Waals surface area contributed by atoms with Crippen LogP contribution in [-0.2, 0) is 5.41 Å². The third kappa shape index (κ3) is 2.01. The molecule has 0 amide bonds. The highest BCUT2D eigenvalue weighted by atomic mass is 79.9. The lowest BCUT2D eigenvalue weighted by atomic mass is 9.32. The van der Waals surface area contributed by atoms with Crippen molar-refractivity contribution in [3.8, 4) is 22.3 Å². The van der Waals surface area contributed by atoms with E-state index in [-0.39, 0.29) is 12.1 Å². The van der Waals surface area contributed by atoms with Gasteiger partial charge in [0.25, 0.3) is 0 Å². The van der Waals surface area contributed by atoms with Crippen molar-refractivity contribution < 1.29 is 0 Å². The molecule has 0 unspecified atom stereocenters. The summed E-state index contributed by atoms with van der Waals surface area (Å²) in [6.07, 6.45) is 0. The van der Waals surface area contributed by atoms with Crippen LogP contribution in [0.15, 0.2) is 114 Å². The first-order chi connectivity index (χ1) is 16.3. The first-order valence-electron chi connectivity index (χ1n) is 11.5. The highest BCUT2D eigenvalue weighted by Gasteiger charge is 2.54. The molecule has 0 saturated carbocycles. The fraction of sp³-hybridized carbons (Fsp3) is 0.0323. The van der Waals surface area contributed by atoms with Crippen LogP contribution in [0.5, 0.6) is 0 Å². The summed E-state index contributed by atoms with van der Waals surface area (Å²) in [5.74, 6) is 0. The number of benzene rings is 5. The largest absolute Gasteiger partial charge is 0.243 e. The summed E-state index contributed by atoms with van der Waals surface area (Å²) in [6, 6.07) is 41.0. The Kier molecular flexibility index (Phi) is 3.38. The lowest BCUT2D eigenvalue weighted by molar-refractivity contribution is 0.775. The molecule has 0 bridgehead atoms. The number of rotatable bonds is 0. The Labute approximate surface area is 202 Å². The van der Waals surface area contributed by atoms with Gasteiger partial charge in [-0.3, -0.25) is 0 Å². The molecule has 3 aliphatic rings. The molecule has 0 radical (unpaired) electrons. The van der Waals surface area contributed by atoms with Crippen LogP contribution in [0.1, 0.15) is 22.3 Å². The van der Waals surface area contributed by atoms with E-state index in [0.717, 1.165) is 4.47 Å². The van der Waals surface area contributed by atoms with Gasteiger partial charge in [-0.05, 0) is 50.6 Å². The Hall–Kier alpha value is -3.36. The van der Waals surface area contributed by atoms with Crippen LogP contribution < -0.4 is 16.4 Å².